The first-order valence-electron chi connectivity index (χ1n) is 10.2. The fourth-order valence-corrected chi connectivity index (χ4v) is 4.33. The van der Waals surface area contributed by atoms with Gasteiger partial charge in [0.15, 0.2) is 5.76 Å². The van der Waals surface area contributed by atoms with Crippen LogP contribution in [0.5, 0.6) is 11.5 Å². The van der Waals surface area contributed by atoms with Crippen LogP contribution in [0.25, 0.3) is 6.08 Å². The average molecular weight is 463 g/mol. The van der Waals surface area contributed by atoms with Crippen molar-refractivity contribution in [1.82, 2.24) is 9.80 Å². The van der Waals surface area contributed by atoms with Gasteiger partial charge in [-0.1, -0.05) is 29.3 Å². The number of phenolic OH excluding ortho intramolecular Hbond substituents is 1. The first-order chi connectivity index (χ1) is 14.9. The maximum atomic E-state index is 13.1. The van der Waals surface area contributed by atoms with Gasteiger partial charge in [-0.2, -0.15) is 0 Å². The van der Waals surface area contributed by atoms with E-state index in [0.29, 0.717) is 51.1 Å². The van der Waals surface area contributed by atoms with Gasteiger partial charge in [0.05, 0.1) is 27.8 Å². The fraction of sp³-hybridized carbons (Fsp3) is 0.348. The number of β-amino-alcohol motifs (C(OH)–C–C–N with tert-alkyl or cyclic N) is 1. The van der Waals surface area contributed by atoms with Gasteiger partial charge in [0.2, 0.25) is 5.78 Å². The predicted molar refractivity (Wildman–Crippen MR) is 121 cm³/mol. The molecule has 1 saturated heterocycles. The molecule has 4 rings (SSSR count). The van der Waals surface area contributed by atoms with Crippen molar-refractivity contribution in [3.05, 3.63) is 62.3 Å². The van der Waals surface area contributed by atoms with Gasteiger partial charge in [0.1, 0.15) is 11.5 Å². The van der Waals surface area contributed by atoms with Gasteiger partial charge in [-0.15, -0.1) is 0 Å². The molecule has 0 aromatic heterocycles. The Morgan fingerprint density at radius 2 is 1.81 bits per heavy atom. The molecule has 6 nitrogen and oxygen atoms in total. The lowest BCUT2D eigenvalue weighted by molar-refractivity contribution is 0.101. The highest BCUT2D eigenvalue weighted by Crippen LogP contribution is 2.42. The highest BCUT2D eigenvalue weighted by Gasteiger charge is 2.34. The van der Waals surface area contributed by atoms with Crippen LogP contribution >= 0.6 is 23.2 Å². The Morgan fingerprint density at radius 1 is 1.10 bits per heavy atom. The summed E-state index contributed by atoms with van der Waals surface area (Å²) in [5.41, 5.74) is 2.47. The van der Waals surface area contributed by atoms with Crippen LogP contribution in [-0.4, -0.2) is 65.1 Å². The number of fused-ring (bicyclic) bond motifs is 1. The lowest BCUT2D eigenvalue weighted by Crippen LogP contribution is -2.46. The number of piperazine rings is 1. The second kappa shape index (κ2) is 9.18. The fourth-order valence-electron chi connectivity index (χ4n) is 4.02. The summed E-state index contributed by atoms with van der Waals surface area (Å²) in [4.78, 5) is 17.5. The molecule has 0 amide bonds. The number of allylic oxidation sites excluding steroid dienone is 1. The molecule has 2 heterocycles. The number of phenols is 1. The van der Waals surface area contributed by atoms with Gasteiger partial charge in [-0.05, 0) is 42.3 Å². The number of benzene rings is 2. The molecule has 2 aliphatic rings. The first-order valence-corrected chi connectivity index (χ1v) is 10.9. The van der Waals surface area contributed by atoms with Crippen molar-refractivity contribution in [1.29, 1.82) is 0 Å². The molecule has 2 aliphatic heterocycles. The Hall–Kier alpha value is -2.09. The molecule has 0 spiro atoms. The number of rotatable bonds is 5. The van der Waals surface area contributed by atoms with Crippen molar-refractivity contribution >= 4 is 35.1 Å². The van der Waals surface area contributed by atoms with E-state index in [-0.39, 0.29) is 23.9 Å². The molecule has 1 fully saturated rings. The van der Waals surface area contributed by atoms with Crippen molar-refractivity contribution in [2.45, 2.75) is 13.5 Å². The molecule has 2 aromatic rings. The molecule has 0 aliphatic carbocycles. The van der Waals surface area contributed by atoms with Crippen molar-refractivity contribution < 1.29 is 19.7 Å². The number of aliphatic hydroxyl groups excluding tert-OH is 1. The summed E-state index contributed by atoms with van der Waals surface area (Å²) in [5, 5.41) is 20.6. The van der Waals surface area contributed by atoms with E-state index in [9.17, 15) is 9.90 Å². The summed E-state index contributed by atoms with van der Waals surface area (Å²) < 4.78 is 5.99. The van der Waals surface area contributed by atoms with E-state index in [0.717, 1.165) is 26.2 Å². The number of carbonyl (C=O) groups excluding carboxylic acids is 1. The standard InChI is InChI=1S/C23H24Cl2N2O4/c1-14-10-19(29)16(13-27-6-4-26(5-7-27)8-9-28)23-21(14)22(30)20(31-23)12-15-2-3-17(24)18(25)11-15/h2-3,10-12,28-29H,4-9,13H2,1H3/b20-12-. The molecule has 0 unspecified atom stereocenters. The van der Waals surface area contributed by atoms with Gasteiger partial charge in [-0.25, -0.2) is 0 Å². The second-order valence-electron chi connectivity index (χ2n) is 7.85. The number of ether oxygens (including phenoxy) is 1. The maximum absolute atomic E-state index is 13.1. The van der Waals surface area contributed by atoms with Crippen LogP contribution < -0.4 is 4.74 Å². The minimum Gasteiger partial charge on any atom is -0.507 e. The predicted octanol–water partition coefficient (Wildman–Crippen LogP) is 3.73. The van der Waals surface area contributed by atoms with Gasteiger partial charge in [0.25, 0.3) is 0 Å². The van der Waals surface area contributed by atoms with E-state index in [1.165, 1.54) is 0 Å². The van der Waals surface area contributed by atoms with Gasteiger partial charge >= 0.3 is 0 Å². The molecule has 2 N–H and O–H groups in total. The van der Waals surface area contributed by atoms with Crippen LogP contribution in [0.1, 0.15) is 27.0 Å². The average Bonchev–Trinajstić information content (AvgIpc) is 3.06. The zero-order valence-electron chi connectivity index (χ0n) is 17.2. The quantitative estimate of drug-likeness (QED) is 0.659. The molecule has 2 aromatic carbocycles. The smallest absolute Gasteiger partial charge is 0.232 e. The Labute approximate surface area is 191 Å². The zero-order valence-corrected chi connectivity index (χ0v) is 18.7. The van der Waals surface area contributed by atoms with Crippen LogP contribution in [0.2, 0.25) is 10.0 Å². The van der Waals surface area contributed by atoms with Crippen molar-refractivity contribution in [3.8, 4) is 11.5 Å². The van der Waals surface area contributed by atoms with Crippen LogP contribution in [0.4, 0.5) is 0 Å². The monoisotopic (exact) mass is 462 g/mol. The summed E-state index contributed by atoms with van der Waals surface area (Å²) in [7, 11) is 0. The minimum atomic E-state index is -0.215. The summed E-state index contributed by atoms with van der Waals surface area (Å²) in [5.74, 6) is 0.521. The molecule has 0 saturated carbocycles. The molecule has 31 heavy (non-hydrogen) atoms. The van der Waals surface area contributed by atoms with E-state index in [1.54, 1.807) is 37.3 Å². The number of carbonyl (C=O) groups is 1. The van der Waals surface area contributed by atoms with Gasteiger partial charge < -0.3 is 14.9 Å². The molecular weight excluding hydrogens is 439 g/mol. The number of aliphatic hydroxyl groups is 1. The number of ketones is 1. The molecule has 164 valence electrons. The summed E-state index contributed by atoms with van der Waals surface area (Å²) >= 11 is 12.1. The minimum absolute atomic E-state index is 0.123. The first kappa shape index (κ1) is 22.1. The van der Waals surface area contributed by atoms with Crippen LogP contribution in [0.15, 0.2) is 30.0 Å². The van der Waals surface area contributed by atoms with Crippen LogP contribution in [0.3, 0.4) is 0 Å². The molecule has 8 heteroatoms. The van der Waals surface area contributed by atoms with Crippen molar-refractivity contribution in [2.24, 2.45) is 0 Å². The van der Waals surface area contributed by atoms with E-state index < -0.39 is 0 Å². The summed E-state index contributed by atoms with van der Waals surface area (Å²) in [6.07, 6.45) is 1.64. The summed E-state index contributed by atoms with van der Waals surface area (Å²) in [6, 6.07) is 6.73. The van der Waals surface area contributed by atoms with Gasteiger partial charge in [-0.3, -0.25) is 14.6 Å². The number of aryl methyl sites for hydroxylation is 1. The normalized spacial score (nSPS) is 18.5. The van der Waals surface area contributed by atoms with Crippen LogP contribution in [0, 0.1) is 6.92 Å². The molecule has 0 bridgehead atoms. The zero-order chi connectivity index (χ0) is 22.1. The number of hydrogen-bond donors (Lipinski definition) is 2. The number of Topliss-reactive ketones (excluding diaryl/α,β-unsaturated/α-hetero) is 1. The molecule has 0 radical (unpaired) electrons. The topological polar surface area (TPSA) is 73.2 Å². The lowest BCUT2D eigenvalue weighted by atomic mass is 9.99. The summed E-state index contributed by atoms with van der Waals surface area (Å²) in [6.45, 7) is 6.39. The molecular formula is C23H24Cl2N2O4. The van der Waals surface area contributed by atoms with Crippen LogP contribution in [-0.2, 0) is 6.54 Å². The number of hydrogen-bond acceptors (Lipinski definition) is 6. The van der Waals surface area contributed by atoms with Crippen molar-refractivity contribution in [2.75, 3.05) is 39.3 Å². The Morgan fingerprint density at radius 3 is 2.48 bits per heavy atom. The highest BCUT2D eigenvalue weighted by molar-refractivity contribution is 6.42. The van der Waals surface area contributed by atoms with E-state index in [4.69, 9.17) is 33.0 Å². The Kier molecular flexibility index (Phi) is 6.55. The molecule has 0 atom stereocenters. The highest BCUT2D eigenvalue weighted by atomic mass is 35.5. The number of nitrogens with zero attached hydrogens (tertiary/aromatic N) is 2. The Bertz CT molecular complexity index is 1050. The van der Waals surface area contributed by atoms with E-state index in [1.807, 2.05) is 0 Å². The third-order valence-corrected chi connectivity index (χ3v) is 6.46. The Balaban J connectivity index is 1.60. The number of aromatic hydroxyl groups is 1. The van der Waals surface area contributed by atoms with Crippen molar-refractivity contribution in [3.63, 3.8) is 0 Å². The third kappa shape index (κ3) is 4.59. The third-order valence-electron chi connectivity index (χ3n) is 5.73. The van der Waals surface area contributed by atoms with E-state index in [2.05, 4.69) is 9.80 Å². The maximum Gasteiger partial charge on any atom is 0.232 e. The van der Waals surface area contributed by atoms with Gasteiger partial charge in [0, 0.05) is 39.3 Å². The SMILES string of the molecule is Cc1cc(O)c(CN2CCN(CCO)CC2)c2c1C(=O)/C(=C/c1ccc(Cl)c(Cl)c1)O2. The number of halogens is 2. The second-order valence-corrected chi connectivity index (χ2v) is 8.66. The van der Waals surface area contributed by atoms with E-state index >= 15 is 0 Å². The largest absolute Gasteiger partial charge is 0.507 e. The lowest BCUT2D eigenvalue weighted by Gasteiger charge is -2.34.